The number of amides is 1. The standard InChI is InChI=1S/C28H33N7O/c1-17(2)23-10-9-21(14-18(23)3)33-28(36)19-6-4-7-20(15-19)31-24-11-13-30-26-25(24)27(35-34-26)32-22-8-5-12-29-16-22/h4,6-7,9-11,13-15,17,22,29H,5,8,12,16H2,1-3H3,(H,33,36)(H3,30,31,32,34,35). The van der Waals surface area contributed by atoms with E-state index in [9.17, 15) is 4.79 Å². The van der Waals surface area contributed by atoms with Crippen molar-refractivity contribution in [3.8, 4) is 0 Å². The molecule has 0 aliphatic carbocycles. The fraction of sp³-hybridized carbons (Fsp3) is 0.321. The minimum Gasteiger partial charge on any atom is -0.364 e. The maximum atomic E-state index is 13.0. The molecule has 186 valence electrons. The number of nitrogens with zero attached hydrogens (tertiary/aromatic N) is 2. The molecule has 5 rings (SSSR count). The molecule has 1 aliphatic heterocycles. The molecule has 8 heteroatoms. The molecular formula is C28H33N7O. The lowest BCUT2D eigenvalue weighted by atomic mass is 9.97. The van der Waals surface area contributed by atoms with Crippen LogP contribution in [0.4, 0.5) is 22.9 Å². The van der Waals surface area contributed by atoms with E-state index in [4.69, 9.17) is 0 Å². The Morgan fingerprint density at radius 2 is 2.00 bits per heavy atom. The highest BCUT2D eigenvalue weighted by atomic mass is 16.1. The summed E-state index contributed by atoms with van der Waals surface area (Å²) in [6, 6.07) is 15.8. The van der Waals surface area contributed by atoms with Crippen molar-refractivity contribution < 1.29 is 4.79 Å². The van der Waals surface area contributed by atoms with Gasteiger partial charge in [0.25, 0.3) is 5.91 Å². The Balaban J connectivity index is 1.34. The van der Waals surface area contributed by atoms with Crippen molar-refractivity contribution in [2.24, 2.45) is 0 Å². The Morgan fingerprint density at radius 3 is 2.78 bits per heavy atom. The van der Waals surface area contributed by atoms with Crippen LogP contribution in [0.1, 0.15) is 54.1 Å². The van der Waals surface area contributed by atoms with E-state index in [-0.39, 0.29) is 5.91 Å². The Morgan fingerprint density at radius 1 is 1.11 bits per heavy atom. The molecule has 0 radical (unpaired) electrons. The normalized spacial score (nSPS) is 15.7. The highest BCUT2D eigenvalue weighted by Gasteiger charge is 2.18. The van der Waals surface area contributed by atoms with Gasteiger partial charge in [-0.3, -0.25) is 9.89 Å². The third kappa shape index (κ3) is 5.18. The number of rotatable bonds is 7. The quantitative estimate of drug-likeness (QED) is 0.236. The number of pyridine rings is 1. The summed E-state index contributed by atoms with van der Waals surface area (Å²) < 4.78 is 0. The lowest BCUT2D eigenvalue weighted by Gasteiger charge is -2.24. The predicted molar refractivity (Wildman–Crippen MR) is 146 cm³/mol. The number of nitrogens with one attached hydrogen (secondary N) is 5. The molecule has 1 saturated heterocycles. The molecule has 0 saturated carbocycles. The van der Waals surface area contributed by atoms with Crippen LogP contribution in [0.15, 0.2) is 54.7 Å². The first-order chi connectivity index (χ1) is 17.5. The summed E-state index contributed by atoms with van der Waals surface area (Å²) in [5, 5.41) is 21.9. The van der Waals surface area contributed by atoms with Gasteiger partial charge in [-0.15, -0.1) is 0 Å². The maximum Gasteiger partial charge on any atom is 0.255 e. The van der Waals surface area contributed by atoms with Crippen LogP contribution in [0.5, 0.6) is 0 Å². The summed E-state index contributed by atoms with van der Waals surface area (Å²) in [5.74, 6) is 1.08. The van der Waals surface area contributed by atoms with Gasteiger partial charge in [-0.25, -0.2) is 4.98 Å². The van der Waals surface area contributed by atoms with E-state index < -0.39 is 0 Å². The molecule has 0 spiro atoms. The Labute approximate surface area is 211 Å². The zero-order valence-corrected chi connectivity index (χ0v) is 21.0. The molecule has 0 bridgehead atoms. The second-order valence-electron chi connectivity index (χ2n) is 9.73. The lowest BCUT2D eigenvalue weighted by Crippen LogP contribution is -2.38. The Bertz CT molecular complexity index is 1370. The number of anilines is 4. The topological polar surface area (TPSA) is 107 Å². The van der Waals surface area contributed by atoms with Crippen LogP contribution in [0.3, 0.4) is 0 Å². The molecule has 1 aliphatic rings. The summed E-state index contributed by atoms with van der Waals surface area (Å²) in [4.78, 5) is 17.5. The van der Waals surface area contributed by atoms with E-state index in [1.165, 1.54) is 11.1 Å². The largest absolute Gasteiger partial charge is 0.364 e. The van der Waals surface area contributed by atoms with E-state index >= 15 is 0 Å². The van der Waals surface area contributed by atoms with Crippen molar-refractivity contribution in [1.29, 1.82) is 0 Å². The number of aromatic nitrogens is 3. The zero-order valence-electron chi connectivity index (χ0n) is 21.0. The fourth-order valence-corrected chi connectivity index (χ4v) is 4.83. The maximum absolute atomic E-state index is 13.0. The monoisotopic (exact) mass is 483 g/mol. The van der Waals surface area contributed by atoms with Crippen molar-refractivity contribution in [2.75, 3.05) is 29.0 Å². The third-order valence-electron chi connectivity index (χ3n) is 6.65. The molecule has 36 heavy (non-hydrogen) atoms. The van der Waals surface area contributed by atoms with Gasteiger partial charge < -0.3 is 21.3 Å². The van der Waals surface area contributed by atoms with Gasteiger partial charge in [0, 0.05) is 35.7 Å². The number of piperidine rings is 1. The molecular weight excluding hydrogens is 450 g/mol. The van der Waals surface area contributed by atoms with Crippen LogP contribution in [0.25, 0.3) is 11.0 Å². The second kappa shape index (κ2) is 10.4. The van der Waals surface area contributed by atoms with Crippen molar-refractivity contribution in [1.82, 2.24) is 20.5 Å². The number of fused-ring (bicyclic) bond motifs is 1. The van der Waals surface area contributed by atoms with Crippen LogP contribution < -0.4 is 21.3 Å². The average molecular weight is 484 g/mol. The summed E-state index contributed by atoms with van der Waals surface area (Å²) in [7, 11) is 0. The van der Waals surface area contributed by atoms with Crippen molar-refractivity contribution in [2.45, 2.75) is 45.6 Å². The average Bonchev–Trinajstić information content (AvgIpc) is 3.28. The molecule has 2 aromatic carbocycles. The van der Waals surface area contributed by atoms with Gasteiger partial charge in [0.2, 0.25) is 0 Å². The van der Waals surface area contributed by atoms with Crippen LogP contribution in [-0.4, -0.2) is 40.2 Å². The fourth-order valence-electron chi connectivity index (χ4n) is 4.83. The van der Waals surface area contributed by atoms with Gasteiger partial charge in [-0.1, -0.05) is 26.0 Å². The van der Waals surface area contributed by atoms with Crippen molar-refractivity contribution in [3.05, 3.63) is 71.4 Å². The number of aryl methyl sites for hydroxylation is 1. The number of carbonyl (C=O) groups excluding carboxylic acids is 1. The number of carbonyl (C=O) groups is 1. The van der Waals surface area contributed by atoms with E-state index in [2.05, 4.69) is 63.3 Å². The van der Waals surface area contributed by atoms with E-state index in [0.29, 0.717) is 23.2 Å². The number of benzene rings is 2. The first kappa shape index (κ1) is 23.8. The van der Waals surface area contributed by atoms with Crippen molar-refractivity contribution in [3.63, 3.8) is 0 Å². The summed E-state index contributed by atoms with van der Waals surface area (Å²) >= 11 is 0. The molecule has 1 amide bonds. The molecule has 2 aromatic heterocycles. The van der Waals surface area contributed by atoms with Gasteiger partial charge in [0.05, 0.1) is 11.1 Å². The van der Waals surface area contributed by atoms with E-state index in [1.807, 2.05) is 42.5 Å². The van der Waals surface area contributed by atoms with Crippen molar-refractivity contribution >= 4 is 39.8 Å². The summed E-state index contributed by atoms with van der Waals surface area (Å²) in [6.07, 6.45) is 3.98. The second-order valence-corrected chi connectivity index (χ2v) is 9.73. The minimum absolute atomic E-state index is 0.148. The van der Waals surface area contributed by atoms with Gasteiger partial charge in [-0.2, -0.15) is 5.10 Å². The molecule has 8 nitrogen and oxygen atoms in total. The van der Waals surface area contributed by atoms with E-state index in [0.717, 1.165) is 54.2 Å². The predicted octanol–water partition coefficient (Wildman–Crippen LogP) is 5.55. The first-order valence-corrected chi connectivity index (χ1v) is 12.6. The van der Waals surface area contributed by atoms with Gasteiger partial charge in [0.15, 0.2) is 11.5 Å². The van der Waals surface area contributed by atoms with Gasteiger partial charge >= 0.3 is 0 Å². The Kier molecular flexibility index (Phi) is 6.86. The summed E-state index contributed by atoms with van der Waals surface area (Å²) in [5.41, 5.74) is 6.23. The minimum atomic E-state index is -0.148. The van der Waals surface area contributed by atoms with E-state index in [1.54, 1.807) is 6.20 Å². The van der Waals surface area contributed by atoms with Crippen LogP contribution in [0, 0.1) is 6.92 Å². The highest BCUT2D eigenvalue weighted by Crippen LogP contribution is 2.31. The number of hydrogen-bond acceptors (Lipinski definition) is 6. The lowest BCUT2D eigenvalue weighted by molar-refractivity contribution is 0.102. The van der Waals surface area contributed by atoms with Crippen LogP contribution >= 0.6 is 0 Å². The highest BCUT2D eigenvalue weighted by molar-refractivity contribution is 6.05. The molecule has 5 N–H and O–H groups in total. The van der Waals surface area contributed by atoms with Crippen LogP contribution in [0.2, 0.25) is 0 Å². The molecule has 1 unspecified atom stereocenters. The Hall–Kier alpha value is -3.91. The molecule has 3 heterocycles. The first-order valence-electron chi connectivity index (χ1n) is 12.6. The van der Waals surface area contributed by atoms with Crippen LogP contribution in [-0.2, 0) is 0 Å². The number of aromatic amines is 1. The number of H-pyrrole nitrogens is 1. The molecule has 4 aromatic rings. The molecule has 1 fully saturated rings. The van der Waals surface area contributed by atoms with Gasteiger partial charge in [0.1, 0.15) is 0 Å². The van der Waals surface area contributed by atoms with Gasteiger partial charge in [-0.05, 0) is 79.8 Å². The summed E-state index contributed by atoms with van der Waals surface area (Å²) in [6.45, 7) is 8.39. The number of hydrogen-bond donors (Lipinski definition) is 5. The SMILES string of the molecule is Cc1cc(NC(=O)c2cccc(Nc3ccnc4[nH]nc(NC5CCCNC5)c34)c2)ccc1C(C)C. The smallest absolute Gasteiger partial charge is 0.255 e. The molecule has 1 atom stereocenters. The third-order valence-corrected chi connectivity index (χ3v) is 6.65. The zero-order chi connectivity index (χ0) is 25.1.